The standard InChI is InChI=1S/C10H18ClN3/c1-4-14-9(6-5-7(2)12)10(11)8(3)13-14/h7H,4-6,12H2,1-3H3. The average molecular weight is 216 g/mol. The van der Waals surface area contributed by atoms with Crippen LogP contribution in [-0.4, -0.2) is 15.8 Å². The minimum atomic E-state index is 0.214. The number of rotatable bonds is 4. The molecule has 0 amide bonds. The van der Waals surface area contributed by atoms with Gasteiger partial charge in [-0.3, -0.25) is 4.68 Å². The van der Waals surface area contributed by atoms with Gasteiger partial charge in [-0.2, -0.15) is 5.10 Å². The Bertz CT molecular complexity index is 305. The van der Waals surface area contributed by atoms with Gasteiger partial charge in [0.1, 0.15) is 0 Å². The molecule has 4 heteroatoms. The molecule has 1 heterocycles. The summed E-state index contributed by atoms with van der Waals surface area (Å²) in [6, 6.07) is 0.214. The Balaban J connectivity index is 2.82. The number of aryl methyl sites for hydroxylation is 2. The number of hydrogen-bond acceptors (Lipinski definition) is 2. The second-order valence-corrected chi connectivity index (χ2v) is 4.06. The molecule has 0 saturated carbocycles. The van der Waals surface area contributed by atoms with Crippen molar-refractivity contribution in [1.82, 2.24) is 9.78 Å². The third-order valence-corrected chi connectivity index (χ3v) is 2.78. The number of nitrogens with two attached hydrogens (primary N) is 1. The number of nitrogens with zero attached hydrogens (tertiary/aromatic N) is 2. The molecule has 1 atom stereocenters. The fourth-order valence-corrected chi connectivity index (χ4v) is 1.70. The van der Waals surface area contributed by atoms with Crippen LogP contribution in [0.25, 0.3) is 0 Å². The summed E-state index contributed by atoms with van der Waals surface area (Å²) >= 11 is 6.15. The Labute approximate surface area is 90.2 Å². The Morgan fingerprint density at radius 2 is 2.21 bits per heavy atom. The van der Waals surface area contributed by atoms with Gasteiger partial charge >= 0.3 is 0 Å². The van der Waals surface area contributed by atoms with Crippen LogP contribution in [0.2, 0.25) is 5.02 Å². The van der Waals surface area contributed by atoms with Gasteiger partial charge in [0, 0.05) is 12.6 Å². The van der Waals surface area contributed by atoms with E-state index in [2.05, 4.69) is 12.0 Å². The van der Waals surface area contributed by atoms with Crippen LogP contribution in [0.15, 0.2) is 0 Å². The maximum absolute atomic E-state index is 6.15. The number of hydrogen-bond donors (Lipinski definition) is 1. The minimum Gasteiger partial charge on any atom is -0.328 e. The van der Waals surface area contributed by atoms with E-state index in [1.54, 1.807) is 0 Å². The topological polar surface area (TPSA) is 43.8 Å². The number of aromatic nitrogens is 2. The molecule has 1 aromatic heterocycles. The monoisotopic (exact) mass is 215 g/mol. The molecule has 0 bridgehead atoms. The van der Waals surface area contributed by atoms with Crippen molar-refractivity contribution in [1.29, 1.82) is 0 Å². The maximum Gasteiger partial charge on any atom is 0.0847 e. The summed E-state index contributed by atoms with van der Waals surface area (Å²) in [5.41, 5.74) is 7.74. The molecule has 14 heavy (non-hydrogen) atoms. The van der Waals surface area contributed by atoms with Crippen LogP contribution in [0.5, 0.6) is 0 Å². The highest BCUT2D eigenvalue weighted by atomic mass is 35.5. The number of halogens is 1. The normalized spacial score (nSPS) is 13.2. The SMILES string of the molecule is CCn1nc(C)c(Cl)c1CCC(C)N. The Morgan fingerprint density at radius 3 is 2.71 bits per heavy atom. The molecule has 80 valence electrons. The Hall–Kier alpha value is -0.540. The van der Waals surface area contributed by atoms with Gasteiger partial charge in [-0.25, -0.2) is 0 Å². The van der Waals surface area contributed by atoms with Gasteiger partial charge in [0.05, 0.1) is 16.4 Å². The van der Waals surface area contributed by atoms with Crippen molar-refractivity contribution in [3.8, 4) is 0 Å². The van der Waals surface area contributed by atoms with E-state index in [9.17, 15) is 0 Å². The molecule has 3 nitrogen and oxygen atoms in total. The van der Waals surface area contributed by atoms with Gasteiger partial charge in [-0.05, 0) is 33.6 Å². The summed E-state index contributed by atoms with van der Waals surface area (Å²) < 4.78 is 1.96. The molecule has 1 aromatic rings. The minimum absolute atomic E-state index is 0.214. The molecular formula is C10H18ClN3. The highest BCUT2D eigenvalue weighted by Crippen LogP contribution is 2.21. The molecule has 0 fully saturated rings. The van der Waals surface area contributed by atoms with E-state index < -0.39 is 0 Å². The van der Waals surface area contributed by atoms with Crippen molar-refractivity contribution >= 4 is 11.6 Å². The Morgan fingerprint density at radius 1 is 1.57 bits per heavy atom. The lowest BCUT2D eigenvalue weighted by molar-refractivity contribution is 0.583. The van der Waals surface area contributed by atoms with Crippen molar-refractivity contribution < 1.29 is 0 Å². The molecule has 0 spiro atoms. The molecular weight excluding hydrogens is 198 g/mol. The molecule has 0 aliphatic rings. The highest BCUT2D eigenvalue weighted by Gasteiger charge is 2.12. The third-order valence-electron chi connectivity index (χ3n) is 2.29. The third kappa shape index (κ3) is 2.49. The van der Waals surface area contributed by atoms with E-state index in [0.29, 0.717) is 0 Å². The van der Waals surface area contributed by atoms with Crippen LogP contribution in [-0.2, 0) is 13.0 Å². The van der Waals surface area contributed by atoms with E-state index in [1.807, 2.05) is 18.5 Å². The molecule has 2 N–H and O–H groups in total. The lowest BCUT2D eigenvalue weighted by Gasteiger charge is -2.07. The van der Waals surface area contributed by atoms with Crippen molar-refractivity contribution in [3.05, 3.63) is 16.4 Å². The fourth-order valence-electron chi connectivity index (χ4n) is 1.47. The van der Waals surface area contributed by atoms with E-state index in [4.69, 9.17) is 17.3 Å². The van der Waals surface area contributed by atoms with Gasteiger partial charge in [-0.1, -0.05) is 11.6 Å². The second kappa shape index (κ2) is 4.80. The predicted molar refractivity (Wildman–Crippen MR) is 59.6 cm³/mol. The van der Waals surface area contributed by atoms with Gasteiger partial charge in [-0.15, -0.1) is 0 Å². The van der Waals surface area contributed by atoms with Crippen LogP contribution in [0.3, 0.4) is 0 Å². The van der Waals surface area contributed by atoms with Crippen molar-refractivity contribution in [3.63, 3.8) is 0 Å². The van der Waals surface area contributed by atoms with Crippen LogP contribution in [0.4, 0.5) is 0 Å². The zero-order valence-corrected chi connectivity index (χ0v) is 9.80. The summed E-state index contributed by atoms with van der Waals surface area (Å²) in [6.07, 6.45) is 1.86. The van der Waals surface area contributed by atoms with Crippen LogP contribution in [0.1, 0.15) is 31.7 Å². The quantitative estimate of drug-likeness (QED) is 0.837. The van der Waals surface area contributed by atoms with E-state index in [0.717, 1.165) is 35.8 Å². The zero-order chi connectivity index (χ0) is 10.7. The molecule has 0 aromatic carbocycles. The Kier molecular flexibility index (Phi) is 3.96. The average Bonchev–Trinajstić information content (AvgIpc) is 2.40. The van der Waals surface area contributed by atoms with Gasteiger partial charge in [0.25, 0.3) is 0 Å². The first kappa shape index (κ1) is 11.5. The molecule has 1 rings (SSSR count). The van der Waals surface area contributed by atoms with E-state index in [1.165, 1.54) is 0 Å². The van der Waals surface area contributed by atoms with Gasteiger partial charge in [0.2, 0.25) is 0 Å². The van der Waals surface area contributed by atoms with Crippen molar-refractivity contribution in [2.75, 3.05) is 0 Å². The fraction of sp³-hybridized carbons (Fsp3) is 0.700. The summed E-state index contributed by atoms with van der Waals surface area (Å²) in [6.45, 7) is 6.87. The van der Waals surface area contributed by atoms with Crippen LogP contribution in [0, 0.1) is 6.92 Å². The van der Waals surface area contributed by atoms with Crippen LogP contribution >= 0.6 is 11.6 Å². The second-order valence-electron chi connectivity index (χ2n) is 3.68. The lowest BCUT2D eigenvalue weighted by Crippen LogP contribution is -2.16. The molecule has 0 aliphatic carbocycles. The molecule has 0 saturated heterocycles. The maximum atomic E-state index is 6.15. The predicted octanol–water partition coefficient (Wildman–Crippen LogP) is 2.14. The summed E-state index contributed by atoms with van der Waals surface area (Å²) in [4.78, 5) is 0. The summed E-state index contributed by atoms with van der Waals surface area (Å²) in [5.74, 6) is 0. The van der Waals surface area contributed by atoms with Gasteiger partial charge < -0.3 is 5.73 Å². The van der Waals surface area contributed by atoms with Crippen molar-refractivity contribution in [2.24, 2.45) is 5.73 Å². The molecule has 0 radical (unpaired) electrons. The van der Waals surface area contributed by atoms with Gasteiger partial charge in [0.15, 0.2) is 0 Å². The van der Waals surface area contributed by atoms with Crippen LogP contribution < -0.4 is 5.73 Å². The summed E-state index contributed by atoms with van der Waals surface area (Å²) in [5, 5.41) is 5.15. The smallest absolute Gasteiger partial charge is 0.0847 e. The first-order valence-corrected chi connectivity index (χ1v) is 5.41. The zero-order valence-electron chi connectivity index (χ0n) is 9.05. The van der Waals surface area contributed by atoms with E-state index >= 15 is 0 Å². The molecule has 1 unspecified atom stereocenters. The first-order chi connectivity index (χ1) is 6.56. The highest BCUT2D eigenvalue weighted by molar-refractivity contribution is 6.31. The molecule has 0 aliphatic heterocycles. The summed E-state index contributed by atoms with van der Waals surface area (Å²) in [7, 11) is 0. The first-order valence-electron chi connectivity index (χ1n) is 5.03. The van der Waals surface area contributed by atoms with Crippen molar-refractivity contribution in [2.45, 2.75) is 46.2 Å². The lowest BCUT2D eigenvalue weighted by atomic mass is 10.1. The van der Waals surface area contributed by atoms with E-state index in [-0.39, 0.29) is 6.04 Å². The largest absolute Gasteiger partial charge is 0.328 e.